The molecule has 2 aromatic heterocycles. The smallest absolute Gasteiger partial charge is 0.138 e. The molecule has 0 bridgehead atoms. The van der Waals surface area contributed by atoms with Gasteiger partial charge in [-0.05, 0) is 41.3 Å². The molecular formula is C21H24N4. The second-order valence-corrected chi connectivity index (χ2v) is 8.08. The number of aromatic nitrogens is 4. The van der Waals surface area contributed by atoms with Crippen LogP contribution in [-0.2, 0) is 5.41 Å². The van der Waals surface area contributed by atoms with Crippen molar-refractivity contribution >= 4 is 22.1 Å². The number of imidazole rings is 2. The molecule has 2 aromatic carbocycles. The number of aromatic amines is 2. The summed E-state index contributed by atoms with van der Waals surface area (Å²) < 4.78 is 0. The summed E-state index contributed by atoms with van der Waals surface area (Å²) in [5.41, 5.74) is 6.59. The maximum atomic E-state index is 4.81. The van der Waals surface area contributed by atoms with Gasteiger partial charge < -0.3 is 9.97 Å². The molecule has 0 aliphatic carbocycles. The standard InChI is InChI=1S/C21H24N4/c1-12(2)19-22-15-8-6-13(10-17(15)24-19)20-23-16-9-7-14(21(3,4)5)11-18(16)25-20/h6-12H,1-5H3,(H,22,24)(H,23,25). The minimum absolute atomic E-state index is 0.120. The first-order valence-corrected chi connectivity index (χ1v) is 8.81. The Labute approximate surface area is 147 Å². The Morgan fingerprint density at radius 3 is 2.24 bits per heavy atom. The first-order chi connectivity index (χ1) is 11.8. The Morgan fingerprint density at radius 2 is 1.52 bits per heavy atom. The van der Waals surface area contributed by atoms with E-state index >= 15 is 0 Å². The summed E-state index contributed by atoms with van der Waals surface area (Å²) in [6.45, 7) is 11.0. The monoisotopic (exact) mass is 332 g/mol. The van der Waals surface area contributed by atoms with Crippen molar-refractivity contribution < 1.29 is 0 Å². The first kappa shape index (κ1) is 15.9. The predicted octanol–water partition coefficient (Wildman–Crippen LogP) is 5.53. The predicted molar refractivity (Wildman–Crippen MR) is 104 cm³/mol. The Bertz CT molecular complexity index is 1060. The number of benzene rings is 2. The highest BCUT2D eigenvalue weighted by molar-refractivity contribution is 5.84. The zero-order valence-electron chi connectivity index (χ0n) is 15.4. The molecule has 0 atom stereocenters. The topological polar surface area (TPSA) is 57.4 Å². The molecule has 0 spiro atoms. The number of rotatable bonds is 2. The first-order valence-electron chi connectivity index (χ1n) is 8.81. The Balaban J connectivity index is 1.79. The molecule has 0 fully saturated rings. The summed E-state index contributed by atoms with van der Waals surface area (Å²) in [4.78, 5) is 16.3. The van der Waals surface area contributed by atoms with E-state index in [2.05, 4.69) is 81.0 Å². The molecular weight excluding hydrogens is 308 g/mol. The Hall–Kier alpha value is -2.62. The van der Waals surface area contributed by atoms with Gasteiger partial charge in [-0.2, -0.15) is 0 Å². The van der Waals surface area contributed by atoms with Crippen LogP contribution in [0, 0.1) is 0 Å². The van der Waals surface area contributed by atoms with Crippen LogP contribution >= 0.6 is 0 Å². The van der Waals surface area contributed by atoms with Crippen LogP contribution in [-0.4, -0.2) is 19.9 Å². The number of fused-ring (bicyclic) bond motifs is 2. The van der Waals surface area contributed by atoms with Crippen LogP contribution in [0.15, 0.2) is 36.4 Å². The van der Waals surface area contributed by atoms with Gasteiger partial charge in [-0.25, -0.2) is 9.97 Å². The fraction of sp³-hybridized carbons (Fsp3) is 0.333. The van der Waals surface area contributed by atoms with Crippen molar-refractivity contribution in [2.75, 3.05) is 0 Å². The summed E-state index contributed by atoms with van der Waals surface area (Å²) in [5.74, 6) is 2.29. The molecule has 2 N–H and O–H groups in total. The van der Waals surface area contributed by atoms with Gasteiger partial charge in [0.2, 0.25) is 0 Å². The molecule has 0 saturated heterocycles. The van der Waals surface area contributed by atoms with Crippen LogP contribution in [0.2, 0.25) is 0 Å². The molecule has 2 heterocycles. The number of nitrogens with one attached hydrogen (secondary N) is 2. The van der Waals surface area contributed by atoms with E-state index in [0.29, 0.717) is 5.92 Å². The van der Waals surface area contributed by atoms with Crippen LogP contribution in [0.25, 0.3) is 33.5 Å². The van der Waals surface area contributed by atoms with Gasteiger partial charge >= 0.3 is 0 Å². The summed E-state index contributed by atoms with van der Waals surface area (Å²) in [5, 5.41) is 0. The van der Waals surface area contributed by atoms with E-state index < -0.39 is 0 Å². The zero-order valence-corrected chi connectivity index (χ0v) is 15.4. The quantitative estimate of drug-likeness (QED) is 0.507. The fourth-order valence-corrected chi connectivity index (χ4v) is 3.06. The maximum Gasteiger partial charge on any atom is 0.138 e. The van der Waals surface area contributed by atoms with Gasteiger partial charge in [-0.3, -0.25) is 0 Å². The zero-order chi connectivity index (χ0) is 17.8. The van der Waals surface area contributed by atoms with Gasteiger partial charge in [0.05, 0.1) is 22.1 Å². The minimum Gasteiger partial charge on any atom is -0.342 e. The van der Waals surface area contributed by atoms with Crippen LogP contribution < -0.4 is 0 Å². The van der Waals surface area contributed by atoms with Crippen molar-refractivity contribution in [1.82, 2.24) is 19.9 Å². The summed E-state index contributed by atoms with van der Waals surface area (Å²) >= 11 is 0. The van der Waals surface area contributed by atoms with Crippen molar-refractivity contribution in [3.8, 4) is 11.4 Å². The van der Waals surface area contributed by atoms with Crippen LogP contribution in [0.3, 0.4) is 0 Å². The number of nitrogens with zero attached hydrogens (tertiary/aromatic N) is 2. The fourth-order valence-electron chi connectivity index (χ4n) is 3.06. The van der Waals surface area contributed by atoms with E-state index in [1.807, 2.05) is 0 Å². The molecule has 4 nitrogen and oxygen atoms in total. The van der Waals surface area contributed by atoms with E-state index in [4.69, 9.17) is 9.97 Å². The molecule has 128 valence electrons. The summed E-state index contributed by atoms with van der Waals surface area (Å²) in [6, 6.07) is 12.7. The molecule has 0 aliphatic rings. The van der Waals surface area contributed by atoms with Crippen molar-refractivity contribution in [1.29, 1.82) is 0 Å². The Morgan fingerprint density at radius 1 is 0.840 bits per heavy atom. The number of H-pyrrole nitrogens is 2. The lowest BCUT2D eigenvalue weighted by Gasteiger charge is -2.18. The molecule has 4 rings (SSSR count). The SMILES string of the molecule is CC(C)c1nc2cc(-c3nc4cc(C(C)(C)C)ccc4[nH]3)ccc2[nH]1. The lowest BCUT2D eigenvalue weighted by atomic mass is 9.87. The van der Waals surface area contributed by atoms with Crippen LogP contribution in [0.5, 0.6) is 0 Å². The average molecular weight is 332 g/mol. The normalized spacial score (nSPS) is 12.6. The van der Waals surface area contributed by atoms with Gasteiger partial charge in [0.25, 0.3) is 0 Å². The van der Waals surface area contributed by atoms with Crippen LogP contribution in [0.4, 0.5) is 0 Å². The Kier molecular flexibility index (Phi) is 3.46. The highest BCUT2D eigenvalue weighted by atomic mass is 14.9. The number of hydrogen-bond donors (Lipinski definition) is 2. The molecule has 4 heteroatoms. The third-order valence-corrected chi connectivity index (χ3v) is 4.67. The molecule has 0 radical (unpaired) electrons. The van der Waals surface area contributed by atoms with Gasteiger partial charge in [-0.15, -0.1) is 0 Å². The second kappa shape index (κ2) is 5.45. The van der Waals surface area contributed by atoms with Crippen molar-refractivity contribution in [2.24, 2.45) is 0 Å². The van der Waals surface area contributed by atoms with Crippen molar-refractivity contribution in [2.45, 2.75) is 46.0 Å². The summed E-state index contributed by atoms with van der Waals surface area (Å²) in [7, 11) is 0. The third kappa shape index (κ3) is 2.82. The van der Waals surface area contributed by atoms with E-state index in [-0.39, 0.29) is 5.41 Å². The van der Waals surface area contributed by atoms with E-state index in [9.17, 15) is 0 Å². The highest BCUT2D eigenvalue weighted by Gasteiger charge is 2.15. The van der Waals surface area contributed by atoms with Gasteiger partial charge in [-0.1, -0.05) is 40.7 Å². The van der Waals surface area contributed by atoms with Crippen molar-refractivity contribution in [3.63, 3.8) is 0 Å². The lowest BCUT2D eigenvalue weighted by molar-refractivity contribution is 0.591. The third-order valence-electron chi connectivity index (χ3n) is 4.67. The van der Waals surface area contributed by atoms with E-state index in [0.717, 1.165) is 39.3 Å². The molecule has 0 saturated carbocycles. The van der Waals surface area contributed by atoms with Gasteiger partial charge in [0, 0.05) is 11.5 Å². The van der Waals surface area contributed by atoms with Gasteiger partial charge in [0.15, 0.2) is 0 Å². The number of hydrogen-bond acceptors (Lipinski definition) is 2. The van der Waals surface area contributed by atoms with E-state index in [1.165, 1.54) is 5.56 Å². The van der Waals surface area contributed by atoms with E-state index in [1.54, 1.807) is 0 Å². The molecule has 4 aromatic rings. The summed E-state index contributed by atoms with van der Waals surface area (Å²) in [6.07, 6.45) is 0. The average Bonchev–Trinajstić information content (AvgIpc) is 3.16. The molecule has 0 aliphatic heterocycles. The second-order valence-electron chi connectivity index (χ2n) is 8.08. The van der Waals surface area contributed by atoms with Crippen LogP contribution in [0.1, 0.15) is 51.9 Å². The lowest BCUT2D eigenvalue weighted by Crippen LogP contribution is -2.10. The molecule has 0 unspecified atom stereocenters. The molecule has 0 amide bonds. The molecule has 25 heavy (non-hydrogen) atoms. The maximum absolute atomic E-state index is 4.81. The van der Waals surface area contributed by atoms with Gasteiger partial charge in [0.1, 0.15) is 11.6 Å². The highest BCUT2D eigenvalue weighted by Crippen LogP contribution is 2.28. The minimum atomic E-state index is 0.120. The van der Waals surface area contributed by atoms with Crippen molar-refractivity contribution in [3.05, 3.63) is 47.8 Å². The largest absolute Gasteiger partial charge is 0.342 e.